The molecule has 1 amide bonds. The number of amides is 1. The van der Waals surface area contributed by atoms with Crippen molar-refractivity contribution in [3.8, 4) is 5.75 Å². The summed E-state index contributed by atoms with van der Waals surface area (Å²) in [5, 5.41) is 7.26. The Bertz CT molecular complexity index is 1190. The third-order valence-corrected chi connectivity index (χ3v) is 5.03. The smallest absolute Gasteiger partial charge is 0.267 e. The maximum Gasteiger partial charge on any atom is 0.267 e. The number of carbonyl (C=O) groups excluding carboxylic acids is 1. The number of anilines is 1. The Morgan fingerprint density at radius 3 is 2.44 bits per heavy atom. The minimum absolute atomic E-state index is 0.275. The fourth-order valence-electron chi connectivity index (χ4n) is 3.37. The molecule has 6 nitrogen and oxygen atoms in total. The van der Waals surface area contributed by atoms with Crippen LogP contribution >= 0.6 is 0 Å². The number of aromatic nitrogens is 1. The number of fused-ring (bicyclic) bond motifs is 1. The van der Waals surface area contributed by atoms with Crippen molar-refractivity contribution >= 4 is 28.5 Å². The molecule has 3 aromatic carbocycles. The molecule has 4 aromatic rings. The Balaban J connectivity index is 1.44. The quantitative estimate of drug-likeness (QED) is 0.294. The van der Waals surface area contributed by atoms with Crippen LogP contribution in [0.5, 0.6) is 5.75 Å². The maximum absolute atomic E-state index is 12.8. The monoisotopic (exact) mass is 426 g/mol. The van der Waals surface area contributed by atoms with Crippen molar-refractivity contribution in [2.75, 3.05) is 11.9 Å². The highest BCUT2D eigenvalue weighted by Crippen LogP contribution is 2.18. The molecule has 4 rings (SSSR count). The molecular formula is C26H26N4O2. The first-order valence-corrected chi connectivity index (χ1v) is 10.6. The Kier molecular flexibility index (Phi) is 6.82. The van der Waals surface area contributed by atoms with Gasteiger partial charge in [-0.05, 0) is 49.2 Å². The molecule has 0 aliphatic heterocycles. The molecule has 3 N–H and O–H groups in total. The molecule has 0 aliphatic rings. The van der Waals surface area contributed by atoms with Gasteiger partial charge in [-0.15, -0.1) is 0 Å². The minimum Gasteiger partial charge on any atom is -0.481 e. The molecule has 0 fully saturated rings. The lowest BCUT2D eigenvalue weighted by atomic mass is 10.1. The summed E-state index contributed by atoms with van der Waals surface area (Å²) >= 11 is 0. The molecule has 0 radical (unpaired) electrons. The van der Waals surface area contributed by atoms with Crippen molar-refractivity contribution in [3.05, 3.63) is 96.7 Å². The minimum atomic E-state index is -0.672. The van der Waals surface area contributed by atoms with Gasteiger partial charge in [-0.3, -0.25) is 15.1 Å². The van der Waals surface area contributed by atoms with Gasteiger partial charge in [0.2, 0.25) is 5.96 Å². The SMILES string of the molecule is C[C@H](Oc1ccccc1)C(=O)NC(=NCCc1c[nH]c2ccccc12)Nc1ccccc1. The van der Waals surface area contributed by atoms with Gasteiger partial charge < -0.3 is 15.0 Å². The molecule has 6 heteroatoms. The van der Waals surface area contributed by atoms with E-state index in [2.05, 4.69) is 32.7 Å². The normalized spacial score (nSPS) is 12.3. The van der Waals surface area contributed by atoms with Crippen LogP contribution in [0.3, 0.4) is 0 Å². The number of H-pyrrole nitrogens is 1. The van der Waals surface area contributed by atoms with Gasteiger partial charge in [-0.25, -0.2) is 0 Å². The number of para-hydroxylation sites is 3. The number of ether oxygens (including phenoxy) is 1. The maximum atomic E-state index is 12.8. The standard InChI is InChI=1S/C26H26N4O2/c1-19(32-22-12-6-3-7-13-22)25(31)30-26(29-21-10-4-2-5-11-21)27-17-16-20-18-28-24-15-9-8-14-23(20)24/h2-15,18-19,28H,16-17H2,1H3,(H2,27,29,30,31)/t19-/m0/s1. The molecule has 0 aliphatic carbocycles. The Morgan fingerprint density at radius 2 is 1.66 bits per heavy atom. The number of aliphatic imine (C=N–C) groups is 1. The zero-order chi connectivity index (χ0) is 22.2. The summed E-state index contributed by atoms with van der Waals surface area (Å²) in [5.74, 6) is 0.761. The van der Waals surface area contributed by atoms with E-state index in [1.54, 1.807) is 6.92 Å². The van der Waals surface area contributed by atoms with Gasteiger partial charge in [0.15, 0.2) is 6.10 Å². The third-order valence-electron chi connectivity index (χ3n) is 5.03. The van der Waals surface area contributed by atoms with Gasteiger partial charge in [-0.2, -0.15) is 0 Å². The zero-order valence-electron chi connectivity index (χ0n) is 17.9. The van der Waals surface area contributed by atoms with Gasteiger partial charge in [0.1, 0.15) is 5.75 Å². The number of aromatic amines is 1. The lowest BCUT2D eigenvalue weighted by molar-refractivity contribution is -0.125. The Morgan fingerprint density at radius 1 is 0.969 bits per heavy atom. The number of benzene rings is 3. The summed E-state index contributed by atoms with van der Waals surface area (Å²) in [6.07, 6.45) is 2.09. The largest absolute Gasteiger partial charge is 0.481 e. The van der Waals surface area contributed by atoms with E-state index >= 15 is 0 Å². The fraction of sp³-hybridized carbons (Fsp3) is 0.154. The van der Waals surface area contributed by atoms with Crippen molar-refractivity contribution in [1.82, 2.24) is 10.3 Å². The van der Waals surface area contributed by atoms with Crippen LogP contribution in [0.2, 0.25) is 0 Å². The molecule has 1 aromatic heterocycles. The number of guanidine groups is 1. The lowest BCUT2D eigenvalue weighted by Gasteiger charge is -2.17. The molecule has 0 saturated carbocycles. The predicted octanol–water partition coefficient (Wildman–Crippen LogP) is 4.76. The second kappa shape index (κ2) is 10.3. The summed E-state index contributed by atoms with van der Waals surface area (Å²) in [6, 6.07) is 27.1. The Hall–Kier alpha value is -4.06. The van der Waals surface area contributed by atoms with E-state index in [9.17, 15) is 4.79 Å². The molecule has 162 valence electrons. The van der Waals surface area contributed by atoms with Crippen molar-refractivity contribution in [2.45, 2.75) is 19.4 Å². The van der Waals surface area contributed by atoms with E-state index in [-0.39, 0.29) is 5.91 Å². The number of nitrogens with zero attached hydrogens (tertiary/aromatic N) is 1. The molecular weight excluding hydrogens is 400 g/mol. The summed E-state index contributed by atoms with van der Waals surface area (Å²) < 4.78 is 5.74. The van der Waals surface area contributed by atoms with E-state index < -0.39 is 6.10 Å². The van der Waals surface area contributed by atoms with Crippen molar-refractivity contribution < 1.29 is 9.53 Å². The average molecular weight is 427 g/mol. The van der Waals surface area contributed by atoms with E-state index in [0.717, 1.165) is 17.6 Å². The summed E-state index contributed by atoms with van der Waals surface area (Å²) in [7, 11) is 0. The number of rotatable bonds is 7. The Labute approximate surface area is 187 Å². The predicted molar refractivity (Wildman–Crippen MR) is 129 cm³/mol. The van der Waals surface area contributed by atoms with Gasteiger partial charge in [-0.1, -0.05) is 54.6 Å². The van der Waals surface area contributed by atoms with Crippen LogP contribution in [0.4, 0.5) is 5.69 Å². The average Bonchev–Trinajstić information content (AvgIpc) is 3.23. The van der Waals surface area contributed by atoms with Gasteiger partial charge in [0.25, 0.3) is 5.91 Å². The second-order valence-corrected chi connectivity index (χ2v) is 7.39. The summed E-state index contributed by atoms with van der Waals surface area (Å²) in [4.78, 5) is 20.7. The highest BCUT2D eigenvalue weighted by Gasteiger charge is 2.17. The van der Waals surface area contributed by atoms with Crippen molar-refractivity contribution in [1.29, 1.82) is 0 Å². The van der Waals surface area contributed by atoms with E-state index in [1.807, 2.05) is 79.0 Å². The lowest BCUT2D eigenvalue weighted by Crippen LogP contribution is -2.43. The highest BCUT2D eigenvalue weighted by atomic mass is 16.5. The first kappa shape index (κ1) is 21.2. The molecule has 32 heavy (non-hydrogen) atoms. The molecule has 0 bridgehead atoms. The molecule has 0 unspecified atom stereocenters. The third kappa shape index (κ3) is 5.55. The van der Waals surface area contributed by atoms with Crippen LogP contribution in [0.15, 0.2) is 96.1 Å². The highest BCUT2D eigenvalue weighted by molar-refractivity contribution is 6.05. The fourth-order valence-corrected chi connectivity index (χ4v) is 3.37. The summed E-state index contributed by atoms with van der Waals surface area (Å²) in [5.41, 5.74) is 3.14. The first-order chi connectivity index (χ1) is 15.7. The number of carbonyl (C=O) groups is 1. The number of hydrogen-bond donors (Lipinski definition) is 3. The van der Waals surface area contributed by atoms with E-state index in [1.165, 1.54) is 10.9 Å². The van der Waals surface area contributed by atoms with Crippen molar-refractivity contribution in [3.63, 3.8) is 0 Å². The molecule has 1 atom stereocenters. The molecule has 1 heterocycles. The van der Waals surface area contributed by atoms with Crippen LogP contribution < -0.4 is 15.4 Å². The van der Waals surface area contributed by atoms with Gasteiger partial charge in [0, 0.05) is 29.3 Å². The second-order valence-electron chi connectivity index (χ2n) is 7.39. The van der Waals surface area contributed by atoms with Crippen molar-refractivity contribution in [2.24, 2.45) is 4.99 Å². The number of nitrogens with one attached hydrogen (secondary N) is 3. The van der Waals surface area contributed by atoms with E-state index in [4.69, 9.17) is 4.74 Å². The van der Waals surface area contributed by atoms with Crippen LogP contribution in [0, 0.1) is 0 Å². The van der Waals surface area contributed by atoms with Crippen LogP contribution in [0.1, 0.15) is 12.5 Å². The molecule has 0 saturated heterocycles. The topological polar surface area (TPSA) is 78.5 Å². The summed E-state index contributed by atoms with van der Waals surface area (Å²) in [6.45, 7) is 2.24. The van der Waals surface area contributed by atoms with Gasteiger partial charge >= 0.3 is 0 Å². The van der Waals surface area contributed by atoms with E-state index in [0.29, 0.717) is 18.3 Å². The zero-order valence-corrected chi connectivity index (χ0v) is 17.9. The van der Waals surface area contributed by atoms with Crippen LogP contribution in [-0.4, -0.2) is 29.5 Å². The van der Waals surface area contributed by atoms with Crippen LogP contribution in [-0.2, 0) is 11.2 Å². The molecule has 0 spiro atoms. The number of hydrogen-bond acceptors (Lipinski definition) is 3. The first-order valence-electron chi connectivity index (χ1n) is 10.6. The van der Waals surface area contributed by atoms with Gasteiger partial charge in [0.05, 0.1) is 0 Å². The van der Waals surface area contributed by atoms with Crippen LogP contribution in [0.25, 0.3) is 10.9 Å².